The number of anilines is 2. The summed E-state index contributed by atoms with van der Waals surface area (Å²) in [7, 11) is 1.94. The Morgan fingerprint density at radius 2 is 2.05 bits per heavy atom. The van der Waals surface area contributed by atoms with Crippen molar-refractivity contribution in [1.29, 1.82) is 0 Å². The summed E-state index contributed by atoms with van der Waals surface area (Å²) >= 11 is 0. The van der Waals surface area contributed by atoms with Crippen LogP contribution in [0.25, 0.3) is 0 Å². The van der Waals surface area contributed by atoms with Gasteiger partial charge in [-0.3, -0.25) is 4.68 Å². The Labute approximate surface area is 113 Å². The molecule has 1 aliphatic carbocycles. The second-order valence-electron chi connectivity index (χ2n) is 5.38. The fourth-order valence-electron chi connectivity index (χ4n) is 2.91. The number of hydrogen-bond acceptors (Lipinski definition) is 3. The maximum absolute atomic E-state index is 4.45. The fourth-order valence-corrected chi connectivity index (χ4v) is 2.91. The van der Waals surface area contributed by atoms with E-state index in [0.29, 0.717) is 6.04 Å². The third-order valence-corrected chi connectivity index (χ3v) is 3.90. The average Bonchev–Trinajstić information content (AvgIpc) is 2.98. The third-order valence-electron chi connectivity index (χ3n) is 3.90. The highest BCUT2D eigenvalue weighted by Gasteiger charge is 2.18. The minimum Gasteiger partial charge on any atom is -0.323 e. The second-order valence-corrected chi connectivity index (χ2v) is 5.38. The van der Waals surface area contributed by atoms with Gasteiger partial charge < -0.3 is 9.88 Å². The topological polar surface area (TPSA) is 47.7 Å². The van der Waals surface area contributed by atoms with Crippen molar-refractivity contribution in [2.45, 2.75) is 45.1 Å². The third kappa shape index (κ3) is 2.50. The Morgan fingerprint density at radius 3 is 2.74 bits per heavy atom. The first-order valence-corrected chi connectivity index (χ1v) is 7.04. The van der Waals surface area contributed by atoms with Crippen LogP contribution in [0.2, 0.25) is 0 Å². The van der Waals surface area contributed by atoms with E-state index >= 15 is 0 Å². The van der Waals surface area contributed by atoms with Crippen LogP contribution in [-0.4, -0.2) is 19.3 Å². The number of aryl methyl sites for hydroxylation is 2. The summed E-state index contributed by atoms with van der Waals surface area (Å²) in [4.78, 5) is 4.45. The van der Waals surface area contributed by atoms with Gasteiger partial charge in [-0.05, 0) is 19.8 Å². The number of nitrogens with one attached hydrogen (secondary N) is 1. The number of aromatic nitrogens is 4. The van der Waals surface area contributed by atoms with Crippen LogP contribution in [0.1, 0.15) is 43.8 Å². The van der Waals surface area contributed by atoms with Gasteiger partial charge in [-0.2, -0.15) is 5.10 Å². The van der Waals surface area contributed by atoms with Gasteiger partial charge in [-0.15, -0.1) is 0 Å². The molecule has 0 bridgehead atoms. The molecule has 1 saturated carbocycles. The molecule has 5 heteroatoms. The minimum atomic E-state index is 0.593. The molecule has 19 heavy (non-hydrogen) atoms. The van der Waals surface area contributed by atoms with Crippen LogP contribution in [0.4, 0.5) is 11.6 Å². The van der Waals surface area contributed by atoms with Crippen molar-refractivity contribution in [3.05, 3.63) is 24.3 Å². The lowest BCUT2D eigenvalue weighted by molar-refractivity contribution is 0.356. The molecule has 0 radical (unpaired) electrons. The minimum absolute atomic E-state index is 0.593. The fraction of sp³-hybridized carbons (Fsp3) is 0.571. The van der Waals surface area contributed by atoms with Crippen LogP contribution < -0.4 is 5.32 Å². The van der Waals surface area contributed by atoms with Gasteiger partial charge in [-0.25, -0.2) is 4.98 Å². The SMILES string of the molecule is Cc1nn(C)cc1Nc1nccn1C1CCCCC1. The van der Waals surface area contributed by atoms with E-state index in [1.807, 2.05) is 31.0 Å². The maximum atomic E-state index is 4.45. The van der Waals surface area contributed by atoms with E-state index in [-0.39, 0.29) is 0 Å². The van der Waals surface area contributed by atoms with E-state index in [2.05, 4.69) is 26.2 Å². The summed E-state index contributed by atoms with van der Waals surface area (Å²) < 4.78 is 4.11. The van der Waals surface area contributed by atoms with E-state index in [1.165, 1.54) is 32.1 Å². The quantitative estimate of drug-likeness (QED) is 0.921. The Balaban J connectivity index is 1.81. The number of hydrogen-bond donors (Lipinski definition) is 1. The smallest absolute Gasteiger partial charge is 0.207 e. The second kappa shape index (κ2) is 5.07. The van der Waals surface area contributed by atoms with Crippen LogP contribution >= 0.6 is 0 Å². The van der Waals surface area contributed by atoms with Crippen LogP contribution in [0.15, 0.2) is 18.6 Å². The van der Waals surface area contributed by atoms with Crippen molar-refractivity contribution in [1.82, 2.24) is 19.3 Å². The van der Waals surface area contributed by atoms with Crippen LogP contribution in [0, 0.1) is 6.92 Å². The molecule has 3 rings (SSSR count). The number of imidazole rings is 1. The van der Waals surface area contributed by atoms with Gasteiger partial charge in [0.1, 0.15) is 0 Å². The lowest BCUT2D eigenvalue weighted by Crippen LogP contribution is -2.14. The molecule has 0 spiro atoms. The van der Waals surface area contributed by atoms with Gasteiger partial charge in [-0.1, -0.05) is 19.3 Å². The van der Waals surface area contributed by atoms with E-state index < -0.39 is 0 Å². The van der Waals surface area contributed by atoms with Gasteiger partial charge in [0.2, 0.25) is 5.95 Å². The summed E-state index contributed by atoms with van der Waals surface area (Å²) in [5.41, 5.74) is 2.03. The van der Waals surface area contributed by atoms with Crippen molar-refractivity contribution in [3.8, 4) is 0 Å². The highest BCUT2D eigenvalue weighted by Crippen LogP contribution is 2.31. The molecule has 2 aromatic heterocycles. The zero-order valence-corrected chi connectivity index (χ0v) is 11.6. The predicted molar refractivity (Wildman–Crippen MR) is 75.6 cm³/mol. The molecule has 0 aliphatic heterocycles. The molecule has 1 aliphatic rings. The summed E-state index contributed by atoms with van der Waals surface area (Å²) in [6, 6.07) is 0.593. The monoisotopic (exact) mass is 259 g/mol. The van der Waals surface area contributed by atoms with Gasteiger partial charge in [0, 0.05) is 31.7 Å². The lowest BCUT2D eigenvalue weighted by atomic mass is 9.95. The van der Waals surface area contributed by atoms with E-state index in [9.17, 15) is 0 Å². The van der Waals surface area contributed by atoms with Crippen molar-refractivity contribution < 1.29 is 0 Å². The average molecular weight is 259 g/mol. The molecule has 0 saturated heterocycles. The Hall–Kier alpha value is -1.78. The molecule has 5 nitrogen and oxygen atoms in total. The van der Waals surface area contributed by atoms with Crippen LogP contribution in [0.5, 0.6) is 0 Å². The van der Waals surface area contributed by atoms with E-state index in [0.717, 1.165) is 17.3 Å². The highest BCUT2D eigenvalue weighted by molar-refractivity contribution is 5.55. The summed E-state index contributed by atoms with van der Waals surface area (Å²) in [5, 5.41) is 7.76. The van der Waals surface area contributed by atoms with Gasteiger partial charge in [0.25, 0.3) is 0 Å². The summed E-state index contributed by atoms with van der Waals surface area (Å²) in [6.45, 7) is 2.01. The molecule has 1 N–H and O–H groups in total. The first-order chi connectivity index (χ1) is 9.24. The first kappa shape index (κ1) is 12.3. The highest BCUT2D eigenvalue weighted by atomic mass is 15.3. The van der Waals surface area contributed by atoms with Gasteiger partial charge in [0.15, 0.2) is 0 Å². The Bertz CT molecular complexity index is 548. The van der Waals surface area contributed by atoms with Crippen LogP contribution in [0.3, 0.4) is 0 Å². The first-order valence-electron chi connectivity index (χ1n) is 7.04. The van der Waals surface area contributed by atoms with E-state index in [1.54, 1.807) is 0 Å². The molecular weight excluding hydrogens is 238 g/mol. The predicted octanol–water partition coefficient (Wildman–Crippen LogP) is 3.17. The van der Waals surface area contributed by atoms with Gasteiger partial charge >= 0.3 is 0 Å². The summed E-state index contributed by atoms with van der Waals surface area (Å²) in [5.74, 6) is 0.933. The number of rotatable bonds is 3. The van der Waals surface area contributed by atoms with Crippen molar-refractivity contribution in [2.75, 3.05) is 5.32 Å². The maximum Gasteiger partial charge on any atom is 0.207 e. The normalized spacial score (nSPS) is 16.7. The lowest BCUT2D eigenvalue weighted by Gasteiger charge is -2.24. The molecule has 0 atom stereocenters. The molecule has 0 amide bonds. The zero-order chi connectivity index (χ0) is 13.2. The summed E-state index contributed by atoms with van der Waals surface area (Å²) in [6.07, 6.45) is 12.5. The molecule has 2 aromatic rings. The molecule has 1 fully saturated rings. The standard InChI is InChI=1S/C14H21N5/c1-11-13(10-18(2)17-11)16-14-15-8-9-19(14)12-6-4-3-5-7-12/h8-10,12H,3-7H2,1-2H3,(H,15,16). The molecule has 102 valence electrons. The Kier molecular flexibility index (Phi) is 3.27. The number of nitrogens with zero attached hydrogens (tertiary/aromatic N) is 4. The Morgan fingerprint density at radius 1 is 1.26 bits per heavy atom. The van der Waals surface area contributed by atoms with Crippen LogP contribution in [-0.2, 0) is 7.05 Å². The van der Waals surface area contributed by atoms with Crippen molar-refractivity contribution in [3.63, 3.8) is 0 Å². The van der Waals surface area contributed by atoms with E-state index in [4.69, 9.17) is 0 Å². The van der Waals surface area contributed by atoms with Gasteiger partial charge in [0.05, 0.1) is 11.4 Å². The molecule has 2 heterocycles. The zero-order valence-electron chi connectivity index (χ0n) is 11.6. The van der Waals surface area contributed by atoms with Crippen molar-refractivity contribution >= 4 is 11.6 Å². The molecule has 0 aromatic carbocycles. The molecule has 0 unspecified atom stereocenters. The molecular formula is C14H21N5. The largest absolute Gasteiger partial charge is 0.323 e. The van der Waals surface area contributed by atoms with Crippen molar-refractivity contribution in [2.24, 2.45) is 7.05 Å².